The topological polar surface area (TPSA) is 96.7 Å². The number of nitrogens with zero attached hydrogens (tertiary/aromatic N) is 1. The summed E-state index contributed by atoms with van der Waals surface area (Å²) in [5.41, 5.74) is 4.83. The summed E-state index contributed by atoms with van der Waals surface area (Å²) in [6.45, 7) is 6.99. The molecule has 0 radical (unpaired) electrons. The molecule has 7 nitrogen and oxygen atoms in total. The van der Waals surface area contributed by atoms with Crippen molar-refractivity contribution in [3.8, 4) is 0 Å². The molecule has 7 heteroatoms. The maximum absolute atomic E-state index is 12.0. The van der Waals surface area contributed by atoms with E-state index in [-0.39, 0.29) is 24.2 Å². The first-order valence-corrected chi connectivity index (χ1v) is 8.54. The molecule has 2 fully saturated rings. The van der Waals surface area contributed by atoms with Gasteiger partial charge in [-0.25, -0.2) is 9.59 Å². The van der Waals surface area contributed by atoms with Gasteiger partial charge < -0.3 is 26.0 Å². The van der Waals surface area contributed by atoms with Crippen LogP contribution in [0.25, 0.3) is 0 Å². The van der Waals surface area contributed by atoms with Crippen molar-refractivity contribution in [1.29, 1.82) is 0 Å². The quantitative estimate of drug-likeness (QED) is 0.733. The van der Waals surface area contributed by atoms with Crippen LogP contribution in [0.1, 0.15) is 52.9 Å². The SMILES string of the molecule is CC(C)(C)OC(=O)NC1CCCC1NC1CCN(C(N)=O)CC1. The third-order valence-corrected chi connectivity index (χ3v) is 4.47. The van der Waals surface area contributed by atoms with Crippen LogP contribution in [0.3, 0.4) is 0 Å². The number of amides is 3. The lowest BCUT2D eigenvalue weighted by Gasteiger charge is -2.34. The highest BCUT2D eigenvalue weighted by Gasteiger charge is 2.32. The van der Waals surface area contributed by atoms with Crippen molar-refractivity contribution in [2.75, 3.05) is 13.1 Å². The highest BCUT2D eigenvalue weighted by Crippen LogP contribution is 2.22. The zero-order chi connectivity index (χ0) is 17.0. The standard InChI is InChI=1S/C16H30N4O3/c1-16(2,3)23-15(22)19-13-6-4-5-12(13)18-11-7-9-20(10-8-11)14(17)21/h11-13,18H,4-10H2,1-3H3,(H2,17,21)(H,19,22). The van der Waals surface area contributed by atoms with Gasteiger partial charge >= 0.3 is 12.1 Å². The first-order chi connectivity index (χ1) is 10.7. The molecule has 2 rings (SSSR count). The lowest BCUT2D eigenvalue weighted by Crippen LogP contribution is -2.54. The lowest BCUT2D eigenvalue weighted by atomic mass is 10.0. The molecular weight excluding hydrogens is 296 g/mol. The van der Waals surface area contributed by atoms with Gasteiger partial charge in [0, 0.05) is 31.2 Å². The number of carbonyl (C=O) groups excluding carboxylic acids is 2. The minimum absolute atomic E-state index is 0.110. The Balaban J connectivity index is 1.78. The molecule has 1 aliphatic carbocycles. The molecule has 0 aromatic rings. The summed E-state index contributed by atoms with van der Waals surface area (Å²) < 4.78 is 5.34. The second-order valence-corrected chi connectivity index (χ2v) is 7.56. The Morgan fingerprint density at radius 3 is 2.26 bits per heavy atom. The molecule has 0 aromatic carbocycles. The van der Waals surface area contributed by atoms with Crippen LogP contribution < -0.4 is 16.4 Å². The van der Waals surface area contributed by atoms with Crippen molar-refractivity contribution < 1.29 is 14.3 Å². The van der Waals surface area contributed by atoms with Crippen molar-refractivity contribution in [3.63, 3.8) is 0 Å². The Morgan fingerprint density at radius 1 is 1.09 bits per heavy atom. The summed E-state index contributed by atoms with van der Waals surface area (Å²) in [5, 5.41) is 6.64. The molecule has 0 aromatic heterocycles. The molecule has 1 heterocycles. The fourth-order valence-electron chi connectivity index (χ4n) is 3.36. The molecule has 2 atom stereocenters. The van der Waals surface area contributed by atoms with Gasteiger partial charge in [-0.3, -0.25) is 0 Å². The van der Waals surface area contributed by atoms with Gasteiger partial charge in [0.15, 0.2) is 0 Å². The number of likely N-dealkylation sites (tertiary alicyclic amines) is 1. The average molecular weight is 326 g/mol. The minimum Gasteiger partial charge on any atom is -0.444 e. The number of alkyl carbamates (subject to hydrolysis) is 1. The van der Waals surface area contributed by atoms with Crippen LogP contribution in [0.4, 0.5) is 9.59 Å². The average Bonchev–Trinajstić information content (AvgIpc) is 2.84. The Bertz CT molecular complexity index is 428. The van der Waals surface area contributed by atoms with E-state index in [9.17, 15) is 9.59 Å². The molecule has 0 bridgehead atoms. The number of nitrogens with two attached hydrogens (primary N) is 1. The summed E-state index contributed by atoms with van der Waals surface area (Å²) in [5.74, 6) is 0. The summed E-state index contributed by atoms with van der Waals surface area (Å²) in [6, 6.07) is 0.414. The van der Waals surface area contributed by atoms with Crippen molar-refractivity contribution in [2.24, 2.45) is 5.73 Å². The molecule has 23 heavy (non-hydrogen) atoms. The van der Waals surface area contributed by atoms with E-state index < -0.39 is 5.60 Å². The smallest absolute Gasteiger partial charge is 0.407 e. The normalized spacial score (nSPS) is 26.1. The van der Waals surface area contributed by atoms with Gasteiger partial charge in [-0.15, -0.1) is 0 Å². The predicted molar refractivity (Wildman–Crippen MR) is 88.1 cm³/mol. The molecule has 2 unspecified atom stereocenters. The van der Waals surface area contributed by atoms with Crippen LogP contribution in [0.15, 0.2) is 0 Å². The number of hydrogen-bond acceptors (Lipinski definition) is 4. The van der Waals surface area contributed by atoms with Gasteiger partial charge in [-0.2, -0.15) is 0 Å². The van der Waals surface area contributed by atoms with Gasteiger partial charge in [0.1, 0.15) is 5.60 Å². The number of ether oxygens (including phenoxy) is 1. The number of piperidine rings is 1. The number of carbonyl (C=O) groups is 2. The number of nitrogens with one attached hydrogen (secondary N) is 2. The first-order valence-electron chi connectivity index (χ1n) is 8.54. The first kappa shape index (κ1) is 17.8. The maximum atomic E-state index is 12.0. The zero-order valence-corrected chi connectivity index (χ0v) is 14.4. The molecule has 0 spiro atoms. The van der Waals surface area contributed by atoms with Crippen LogP contribution in [0.5, 0.6) is 0 Å². The third kappa shape index (κ3) is 5.57. The largest absolute Gasteiger partial charge is 0.444 e. The van der Waals surface area contributed by atoms with E-state index >= 15 is 0 Å². The molecular formula is C16H30N4O3. The van der Waals surface area contributed by atoms with Crippen LogP contribution in [-0.2, 0) is 4.74 Å². The Kier molecular flexibility index (Phi) is 5.73. The third-order valence-electron chi connectivity index (χ3n) is 4.47. The van der Waals surface area contributed by atoms with Crippen LogP contribution in [0, 0.1) is 0 Å². The van der Waals surface area contributed by atoms with Gasteiger partial charge in [0.2, 0.25) is 0 Å². The minimum atomic E-state index is -0.479. The van der Waals surface area contributed by atoms with Crippen molar-refractivity contribution >= 4 is 12.1 Å². The fourth-order valence-corrected chi connectivity index (χ4v) is 3.36. The molecule has 1 aliphatic heterocycles. The van der Waals surface area contributed by atoms with E-state index in [1.54, 1.807) is 4.90 Å². The van der Waals surface area contributed by atoms with Gasteiger partial charge in [-0.05, 0) is 52.9 Å². The Labute approximate surface area is 138 Å². The van der Waals surface area contributed by atoms with E-state index in [1.165, 1.54) is 0 Å². The van der Waals surface area contributed by atoms with E-state index in [0.717, 1.165) is 32.1 Å². The van der Waals surface area contributed by atoms with Crippen molar-refractivity contribution in [1.82, 2.24) is 15.5 Å². The molecule has 2 aliphatic rings. The van der Waals surface area contributed by atoms with Crippen molar-refractivity contribution in [2.45, 2.75) is 76.6 Å². The van der Waals surface area contributed by atoms with E-state index in [1.807, 2.05) is 20.8 Å². The molecule has 1 saturated heterocycles. The summed E-state index contributed by atoms with van der Waals surface area (Å²) in [4.78, 5) is 24.8. The van der Waals surface area contributed by atoms with Gasteiger partial charge in [0.05, 0.1) is 0 Å². The summed E-state index contributed by atoms with van der Waals surface area (Å²) in [6.07, 6.45) is 4.57. The van der Waals surface area contributed by atoms with Crippen LogP contribution >= 0.6 is 0 Å². The Morgan fingerprint density at radius 2 is 1.70 bits per heavy atom. The fraction of sp³-hybridized carbons (Fsp3) is 0.875. The molecule has 132 valence electrons. The van der Waals surface area contributed by atoms with Gasteiger partial charge in [0.25, 0.3) is 0 Å². The zero-order valence-electron chi connectivity index (χ0n) is 14.4. The summed E-state index contributed by atoms with van der Waals surface area (Å²) in [7, 11) is 0. The number of rotatable bonds is 3. The van der Waals surface area contributed by atoms with Crippen LogP contribution in [-0.4, -0.2) is 53.8 Å². The summed E-state index contributed by atoms with van der Waals surface area (Å²) >= 11 is 0. The molecule has 4 N–H and O–H groups in total. The van der Waals surface area contributed by atoms with E-state index in [0.29, 0.717) is 19.1 Å². The van der Waals surface area contributed by atoms with Crippen LogP contribution in [0.2, 0.25) is 0 Å². The monoisotopic (exact) mass is 326 g/mol. The lowest BCUT2D eigenvalue weighted by molar-refractivity contribution is 0.0495. The highest BCUT2D eigenvalue weighted by atomic mass is 16.6. The number of urea groups is 1. The van der Waals surface area contributed by atoms with Crippen molar-refractivity contribution in [3.05, 3.63) is 0 Å². The van der Waals surface area contributed by atoms with E-state index in [2.05, 4.69) is 10.6 Å². The second-order valence-electron chi connectivity index (χ2n) is 7.56. The predicted octanol–water partition coefficient (Wildman–Crippen LogP) is 1.56. The second kappa shape index (κ2) is 7.38. The highest BCUT2D eigenvalue weighted by molar-refractivity contribution is 5.72. The number of primary amides is 1. The van der Waals surface area contributed by atoms with Gasteiger partial charge in [-0.1, -0.05) is 0 Å². The van der Waals surface area contributed by atoms with E-state index in [4.69, 9.17) is 10.5 Å². The maximum Gasteiger partial charge on any atom is 0.407 e. The molecule has 1 saturated carbocycles. The molecule has 3 amide bonds. The Hall–Kier alpha value is -1.50. The number of hydrogen-bond donors (Lipinski definition) is 3.